The molecule has 212 valence electrons. The van der Waals surface area contributed by atoms with Crippen LogP contribution in [0.1, 0.15) is 24.7 Å². The maximum Gasteiger partial charge on any atom is 0.290 e. The van der Waals surface area contributed by atoms with Crippen molar-refractivity contribution < 1.29 is 23.4 Å². The second-order valence-electron chi connectivity index (χ2n) is 10.3. The van der Waals surface area contributed by atoms with Gasteiger partial charge in [-0.05, 0) is 38.1 Å². The van der Waals surface area contributed by atoms with Crippen LogP contribution in [0.15, 0.2) is 34.7 Å². The second kappa shape index (κ2) is 13.5. The first-order valence-corrected chi connectivity index (χ1v) is 16.7. The molecule has 2 aromatic heterocycles. The van der Waals surface area contributed by atoms with E-state index >= 15 is 0 Å². The average Bonchev–Trinajstić information content (AvgIpc) is 3.33. The van der Waals surface area contributed by atoms with Gasteiger partial charge in [0.05, 0.1) is 28.7 Å². The number of ether oxygens (including phenoxy) is 3. The third kappa shape index (κ3) is 7.96. The first-order valence-electron chi connectivity index (χ1n) is 13.2. The molecule has 1 amide bonds. The van der Waals surface area contributed by atoms with Gasteiger partial charge in [-0.2, -0.15) is 9.97 Å². The van der Waals surface area contributed by atoms with Crippen LogP contribution in [0.5, 0.6) is 23.5 Å². The lowest BCUT2D eigenvalue weighted by atomic mass is 10.2. The van der Waals surface area contributed by atoms with Crippen LogP contribution in [-0.4, -0.2) is 64.9 Å². The van der Waals surface area contributed by atoms with Crippen LogP contribution in [0.4, 0.5) is 11.6 Å². The largest absolute Gasteiger partial charge is 0.479 e. The molecule has 0 aliphatic heterocycles. The highest BCUT2D eigenvalue weighted by Crippen LogP contribution is 2.34. The first-order chi connectivity index (χ1) is 18.6. The van der Waals surface area contributed by atoms with Gasteiger partial charge in [0.15, 0.2) is 5.69 Å². The SMILES string of the molecule is CCCN(CCNC)c1nc(OC)c(NC(=O)Cc2ccc(Oc3cc([Si](C)(C)C)ccc3C)o2)c(OC)n1. The van der Waals surface area contributed by atoms with E-state index in [9.17, 15) is 4.79 Å². The highest BCUT2D eigenvalue weighted by atomic mass is 28.3. The second-order valence-corrected chi connectivity index (χ2v) is 15.4. The molecule has 0 spiro atoms. The Morgan fingerprint density at radius 1 is 1.05 bits per heavy atom. The number of carbonyl (C=O) groups excluding carboxylic acids is 1. The number of carbonyl (C=O) groups is 1. The van der Waals surface area contributed by atoms with Gasteiger partial charge in [0.2, 0.25) is 23.6 Å². The van der Waals surface area contributed by atoms with Crippen LogP contribution in [0.3, 0.4) is 0 Å². The number of aromatic nitrogens is 2. The summed E-state index contributed by atoms with van der Waals surface area (Å²) in [5, 5.41) is 7.26. The summed E-state index contributed by atoms with van der Waals surface area (Å²) < 4.78 is 22.9. The molecule has 0 atom stereocenters. The summed E-state index contributed by atoms with van der Waals surface area (Å²) in [6.07, 6.45) is 0.907. The number of furan rings is 1. The van der Waals surface area contributed by atoms with E-state index < -0.39 is 8.07 Å². The minimum absolute atomic E-state index is 0.0184. The highest BCUT2D eigenvalue weighted by molar-refractivity contribution is 6.88. The molecule has 2 N–H and O–H groups in total. The summed E-state index contributed by atoms with van der Waals surface area (Å²) in [6.45, 7) is 13.2. The third-order valence-electron chi connectivity index (χ3n) is 6.13. The van der Waals surface area contributed by atoms with Gasteiger partial charge >= 0.3 is 0 Å². The molecule has 0 fully saturated rings. The topological polar surface area (TPSA) is 111 Å². The predicted molar refractivity (Wildman–Crippen MR) is 157 cm³/mol. The average molecular weight is 556 g/mol. The minimum Gasteiger partial charge on any atom is -0.479 e. The molecule has 11 heteroatoms. The van der Waals surface area contributed by atoms with E-state index in [2.05, 4.69) is 65.4 Å². The lowest BCUT2D eigenvalue weighted by molar-refractivity contribution is -0.115. The fourth-order valence-electron chi connectivity index (χ4n) is 3.92. The summed E-state index contributed by atoms with van der Waals surface area (Å²) in [7, 11) is 3.39. The van der Waals surface area contributed by atoms with Crippen molar-refractivity contribution in [3.63, 3.8) is 0 Å². The van der Waals surface area contributed by atoms with Gasteiger partial charge in [-0.15, -0.1) is 0 Å². The van der Waals surface area contributed by atoms with E-state index in [1.807, 2.05) is 18.9 Å². The lowest BCUT2D eigenvalue weighted by Crippen LogP contribution is -2.37. The van der Waals surface area contributed by atoms with E-state index in [1.54, 1.807) is 12.1 Å². The third-order valence-corrected chi connectivity index (χ3v) is 8.17. The van der Waals surface area contributed by atoms with Crippen LogP contribution in [0, 0.1) is 6.92 Å². The van der Waals surface area contributed by atoms with Gasteiger partial charge in [0, 0.05) is 25.7 Å². The van der Waals surface area contributed by atoms with Crippen molar-refractivity contribution in [3.05, 3.63) is 41.7 Å². The van der Waals surface area contributed by atoms with Crippen molar-refractivity contribution in [2.45, 2.75) is 46.3 Å². The predicted octanol–water partition coefficient (Wildman–Crippen LogP) is 4.35. The molecule has 2 heterocycles. The first kappa shape index (κ1) is 30.0. The Morgan fingerprint density at radius 2 is 1.74 bits per heavy atom. The maximum absolute atomic E-state index is 13.0. The minimum atomic E-state index is -1.49. The number of nitrogens with one attached hydrogen (secondary N) is 2. The number of hydrogen-bond donors (Lipinski definition) is 2. The van der Waals surface area contributed by atoms with Crippen molar-refractivity contribution in [1.29, 1.82) is 0 Å². The monoisotopic (exact) mass is 555 g/mol. The molecular weight excluding hydrogens is 514 g/mol. The molecule has 0 aliphatic rings. The Morgan fingerprint density at radius 3 is 2.33 bits per heavy atom. The van der Waals surface area contributed by atoms with E-state index in [1.165, 1.54) is 19.4 Å². The van der Waals surface area contributed by atoms with E-state index in [4.69, 9.17) is 18.6 Å². The number of benzene rings is 1. The molecule has 0 bridgehead atoms. The fraction of sp³-hybridized carbons (Fsp3) is 0.464. The van der Waals surface area contributed by atoms with Gasteiger partial charge in [0.25, 0.3) is 5.95 Å². The van der Waals surface area contributed by atoms with Gasteiger partial charge in [-0.1, -0.05) is 43.9 Å². The van der Waals surface area contributed by atoms with Crippen LogP contribution >= 0.6 is 0 Å². The van der Waals surface area contributed by atoms with Crippen LogP contribution in [0.2, 0.25) is 19.6 Å². The van der Waals surface area contributed by atoms with Crippen molar-refractivity contribution in [2.24, 2.45) is 0 Å². The standard InChI is InChI=1S/C28H41N5O5Si/c1-9-15-33(16-14-29-3)28-31-26(35-4)25(27(32-28)36-5)30-23(34)17-20-11-13-24(37-20)38-22-18-21(39(6,7)8)12-10-19(22)2/h10-13,18,29H,9,14-17H2,1-8H3,(H,30,34). The van der Waals surface area contributed by atoms with Crippen molar-refractivity contribution in [2.75, 3.05) is 51.1 Å². The van der Waals surface area contributed by atoms with E-state index in [0.29, 0.717) is 24.2 Å². The normalized spacial score (nSPS) is 11.3. The van der Waals surface area contributed by atoms with Crippen LogP contribution in [0.25, 0.3) is 0 Å². The fourth-order valence-corrected chi connectivity index (χ4v) is 5.06. The molecule has 3 aromatic rings. The van der Waals surface area contributed by atoms with Crippen molar-refractivity contribution >= 4 is 30.8 Å². The Bertz CT molecular complexity index is 1230. The lowest BCUT2D eigenvalue weighted by Gasteiger charge is -2.23. The number of likely N-dealkylation sites (N-methyl/N-ethyl adjacent to an activating group) is 1. The zero-order valence-electron chi connectivity index (χ0n) is 24.3. The Labute approximate surface area is 232 Å². The molecule has 10 nitrogen and oxygen atoms in total. The number of aryl methyl sites for hydroxylation is 1. The summed E-state index contributed by atoms with van der Waals surface area (Å²) in [5.74, 6) is 2.11. The number of methoxy groups -OCH3 is 2. The van der Waals surface area contributed by atoms with Crippen LogP contribution in [-0.2, 0) is 11.2 Å². The molecule has 39 heavy (non-hydrogen) atoms. The van der Waals surface area contributed by atoms with Crippen molar-refractivity contribution in [3.8, 4) is 23.5 Å². The molecule has 0 saturated carbocycles. The van der Waals surface area contributed by atoms with Gasteiger partial charge in [-0.25, -0.2) is 0 Å². The van der Waals surface area contributed by atoms with Gasteiger partial charge in [0.1, 0.15) is 11.5 Å². The van der Waals surface area contributed by atoms with E-state index in [0.717, 1.165) is 30.8 Å². The smallest absolute Gasteiger partial charge is 0.290 e. The summed E-state index contributed by atoms with van der Waals surface area (Å²) in [5.41, 5.74) is 1.28. The molecule has 0 unspecified atom stereocenters. The van der Waals surface area contributed by atoms with E-state index in [-0.39, 0.29) is 29.8 Å². The zero-order valence-corrected chi connectivity index (χ0v) is 25.3. The molecule has 3 rings (SSSR count). The molecule has 0 saturated heterocycles. The summed E-state index contributed by atoms with van der Waals surface area (Å²) >= 11 is 0. The number of hydrogen-bond acceptors (Lipinski definition) is 9. The summed E-state index contributed by atoms with van der Waals surface area (Å²) in [4.78, 5) is 24.1. The zero-order chi connectivity index (χ0) is 28.6. The number of amides is 1. The van der Waals surface area contributed by atoms with Gasteiger partial charge in [-0.3, -0.25) is 4.79 Å². The summed E-state index contributed by atoms with van der Waals surface area (Å²) in [6, 6.07) is 9.76. The van der Waals surface area contributed by atoms with Crippen LogP contribution < -0.4 is 34.9 Å². The van der Waals surface area contributed by atoms with Crippen molar-refractivity contribution in [1.82, 2.24) is 15.3 Å². The maximum atomic E-state index is 13.0. The molecule has 0 aliphatic carbocycles. The molecule has 0 radical (unpaired) electrons. The van der Waals surface area contributed by atoms with Gasteiger partial charge < -0.3 is 34.2 Å². The number of anilines is 2. The Kier molecular flexibility index (Phi) is 10.4. The Balaban J connectivity index is 1.75. The highest BCUT2D eigenvalue weighted by Gasteiger charge is 2.22. The Hall–Kier alpha value is -3.57. The molecular formula is C28H41N5O5Si. The number of rotatable bonds is 14. The number of nitrogens with zero attached hydrogens (tertiary/aromatic N) is 3. The quantitative estimate of drug-likeness (QED) is 0.281. The molecule has 1 aromatic carbocycles.